The van der Waals surface area contributed by atoms with Gasteiger partial charge >= 0.3 is 0 Å². The van der Waals surface area contributed by atoms with Crippen LogP contribution in [0.3, 0.4) is 0 Å². The second-order valence-corrected chi connectivity index (χ2v) is 13.6. The number of rotatable bonds is 0. The van der Waals surface area contributed by atoms with Gasteiger partial charge < -0.3 is 9.47 Å². The van der Waals surface area contributed by atoms with E-state index in [0.29, 0.717) is 11.8 Å². The standard InChI is InChI=1S/2C11H13Br2N3O/c2*12-8-9(13)16-6-11(17-10(16)14-8)5-15-3-1-7(11)2-4-15/h2*7H,1-6H2/t2*11-/m10/s1. The van der Waals surface area contributed by atoms with Crippen LogP contribution in [-0.2, 0) is 13.1 Å². The van der Waals surface area contributed by atoms with Crippen LogP contribution >= 0.6 is 63.7 Å². The van der Waals surface area contributed by atoms with E-state index >= 15 is 0 Å². The molecule has 2 aromatic rings. The van der Waals surface area contributed by atoms with Crippen molar-refractivity contribution in [1.29, 1.82) is 0 Å². The summed E-state index contributed by atoms with van der Waals surface area (Å²) in [7, 11) is 0. The van der Waals surface area contributed by atoms with E-state index in [1.54, 1.807) is 0 Å². The molecule has 6 saturated heterocycles. The fraction of sp³-hybridized carbons (Fsp3) is 0.727. The number of nitrogens with zero attached hydrogens (tertiary/aromatic N) is 6. The minimum Gasteiger partial charge on any atom is -0.454 e. The summed E-state index contributed by atoms with van der Waals surface area (Å²) in [5.74, 6) is 1.39. The van der Waals surface area contributed by atoms with Gasteiger partial charge in [0.2, 0.25) is 0 Å². The Bertz CT molecular complexity index is 1050. The van der Waals surface area contributed by atoms with Gasteiger partial charge in [-0.05, 0) is 116 Å². The number of piperidine rings is 6. The molecule has 2 atom stereocenters. The fourth-order valence-corrected chi connectivity index (χ4v) is 8.47. The molecule has 34 heavy (non-hydrogen) atoms. The Hall–Kier alpha value is -0.140. The zero-order valence-electron chi connectivity index (χ0n) is 18.7. The van der Waals surface area contributed by atoms with E-state index in [0.717, 1.165) is 56.6 Å². The molecule has 10 heterocycles. The Kier molecular flexibility index (Phi) is 5.54. The lowest BCUT2D eigenvalue weighted by Crippen LogP contribution is -2.61. The number of aromatic nitrogens is 4. The Morgan fingerprint density at radius 1 is 0.618 bits per heavy atom. The molecule has 0 unspecified atom stereocenters. The minimum absolute atomic E-state index is 0.0119. The number of halogens is 4. The normalized spacial score (nSPS) is 38.5. The summed E-state index contributed by atoms with van der Waals surface area (Å²) >= 11 is 14.0. The first-order chi connectivity index (χ1) is 16.4. The molecule has 0 saturated carbocycles. The van der Waals surface area contributed by atoms with Crippen molar-refractivity contribution in [2.75, 3.05) is 39.3 Å². The van der Waals surface area contributed by atoms with Crippen LogP contribution in [0.2, 0.25) is 0 Å². The molecule has 10 rings (SSSR count). The van der Waals surface area contributed by atoms with Gasteiger partial charge in [-0.25, -0.2) is 0 Å². The van der Waals surface area contributed by atoms with E-state index in [1.807, 2.05) is 0 Å². The maximum Gasteiger partial charge on any atom is 0.299 e. The Morgan fingerprint density at radius 3 is 1.29 bits per heavy atom. The highest BCUT2D eigenvalue weighted by atomic mass is 79.9. The number of imidazole rings is 2. The van der Waals surface area contributed by atoms with Gasteiger partial charge in [-0.1, -0.05) is 0 Å². The molecule has 2 spiro atoms. The van der Waals surface area contributed by atoms with Gasteiger partial charge in [0.15, 0.2) is 0 Å². The topological polar surface area (TPSA) is 60.6 Å². The van der Waals surface area contributed by atoms with Crippen molar-refractivity contribution in [3.05, 3.63) is 18.4 Å². The molecule has 0 aromatic carbocycles. The number of hydrogen-bond acceptors (Lipinski definition) is 6. The largest absolute Gasteiger partial charge is 0.454 e. The summed E-state index contributed by atoms with van der Waals surface area (Å²) < 4.78 is 20.4. The average Bonchev–Trinajstić information content (AvgIpc) is 3.51. The molecule has 0 amide bonds. The van der Waals surface area contributed by atoms with Crippen molar-refractivity contribution in [2.24, 2.45) is 11.8 Å². The molecular formula is C22H26Br4N6O2. The highest BCUT2D eigenvalue weighted by molar-refractivity contribution is 9.13. The lowest BCUT2D eigenvalue weighted by Gasteiger charge is -2.50. The molecular weight excluding hydrogens is 700 g/mol. The fourth-order valence-electron chi connectivity index (χ4n) is 7.00. The van der Waals surface area contributed by atoms with E-state index in [1.165, 1.54) is 51.9 Å². The lowest BCUT2D eigenvalue weighted by atomic mass is 9.75. The van der Waals surface area contributed by atoms with E-state index in [2.05, 4.69) is 92.6 Å². The third kappa shape index (κ3) is 3.44. The molecule has 0 aliphatic carbocycles. The Labute approximate surface area is 232 Å². The quantitative estimate of drug-likeness (QED) is 0.398. The van der Waals surface area contributed by atoms with E-state index in [9.17, 15) is 0 Å². The smallest absolute Gasteiger partial charge is 0.299 e. The first-order valence-electron chi connectivity index (χ1n) is 12.0. The summed E-state index contributed by atoms with van der Waals surface area (Å²) in [6.07, 6.45) is 5.07. The van der Waals surface area contributed by atoms with E-state index in [-0.39, 0.29) is 11.2 Å². The molecule has 0 N–H and O–H groups in total. The van der Waals surface area contributed by atoms with Crippen molar-refractivity contribution < 1.29 is 9.47 Å². The summed E-state index contributed by atoms with van der Waals surface area (Å²) in [5, 5.41) is 0. The average molecular weight is 726 g/mol. The van der Waals surface area contributed by atoms with Gasteiger partial charge in [0, 0.05) is 24.9 Å². The van der Waals surface area contributed by atoms with Crippen LogP contribution in [0, 0.1) is 11.8 Å². The molecule has 8 aliphatic rings. The maximum absolute atomic E-state index is 6.22. The molecule has 4 bridgehead atoms. The van der Waals surface area contributed by atoms with E-state index in [4.69, 9.17) is 9.47 Å². The zero-order chi connectivity index (χ0) is 23.2. The van der Waals surface area contributed by atoms with Crippen LogP contribution in [0.25, 0.3) is 0 Å². The van der Waals surface area contributed by atoms with Crippen LogP contribution < -0.4 is 9.47 Å². The lowest BCUT2D eigenvalue weighted by molar-refractivity contribution is -0.0837. The first kappa shape index (κ1) is 23.0. The summed E-state index contributed by atoms with van der Waals surface area (Å²) in [5.41, 5.74) is -0.0237. The van der Waals surface area contributed by atoms with Gasteiger partial charge in [0.1, 0.15) is 29.6 Å². The monoisotopic (exact) mass is 722 g/mol. The van der Waals surface area contributed by atoms with Crippen molar-refractivity contribution in [1.82, 2.24) is 28.9 Å². The Balaban J connectivity index is 0.000000118. The van der Waals surface area contributed by atoms with Gasteiger partial charge in [-0.15, -0.1) is 0 Å². The highest BCUT2D eigenvalue weighted by Gasteiger charge is 2.54. The molecule has 184 valence electrons. The van der Waals surface area contributed by atoms with Gasteiger partial charge in [0.05, 0.1) is 13.1 Å². The second-order valence-electron chi connectivity index (χ2n) is 10.6. The third-order valence-electron chi connectivity index (χ3n) is 8.75. The van der Waals surface area contributed by atoms with Gasteiger partial charge in [-0.2, -0.15) is 9.97 Å². The van der Waals surface area contributed by atoms with Crippen LogP contribution in [0.1, 0.15) is 25.7 Å². The summed E-state index contributed by atoms with van der Waals surface area (Å²) in [4.78, 5) is 13.9. The molecule has 8 aliphatic heterocycles. The molecule has 0 radical (unpaired) electrons. The number of hydrogen-bond donors (Lipinski definition) is 0. The third-order valence-corrected chi connectivity index (χ3v) is 12.5. The van der Waals surface area contributed by atoms with Crippen molar-refractivity contribution in [2.45, 2.75) is 50.0 Å². The van der Waals surface area contributed by atoms with Gasteiger partial charge in [0.25, 0.3) is 12.0 Å². The molecule has 8 nitrogen and oxygen atoms in total. The zero-order valence-corrected chi connectivity index (χ0v) is 25.0. The van der Waals surface area contributed by atoms with Crippen molar-refractivity contribution in [3.8, 4) is 12.0 Å². The maximum atomic E-state index is 6.22. The summed E-state index contributed by atoms with van der Waals surface area (Å²) in [6, 6.07) is 1.52. The number of ether oxygens (including phenoxy) is 2. The SMILES string of the molecule is Brc1nc2n(c1Br)C[C@@]1(CN3CCC1CC3)O2.Brc1nc2n(c1Br)C[C@]1(CN3CCC1CC3)O2. The Morgan fingerprint density at radius 2 is 1.00 bits per heavy atom. The van der Waals surface area contributed by atoms with Crippen LogP contribution in [0.5, 0.6) is 12.0 Å². The van der Waals surface area contributed by atoms with Crippen LogP contribution in [0.15, 0.2) is 18.4 Å². The predicted octanol–water partition coefficient (Wildman–Crippen LogP) is 4.53. The van der Waals surface area contributed by atoms with Crippen LogP contribution in [-0.4, -0.2) is 79.4 Å². The van der Waals surface area contributed by atoms with Crippen molar-refractivity contribution in [3.63, 3.8) is 0 Å². The minimum atomic E-state index is -0.0119. The first-order valence-corrected chi connectivity index (χ1v) is 15.2. The summed E-state index contributed by atoms with van der Waals surface area (Å²) in [6.45, 7) is 8.94. The molecule has 12 heteroatoms. The highest BCUT2D eigenvalue weighted by Crippen LogP contribution is 2.47. The van der Waals surface area contributed by atoms with Gasteiger partial charge in [-0.3, -0.25) is 18.9 Å². The second kappa shape index (κ2) is 8.18. The van der Waals surface area contributed by atoms with E-state index < -0.39 is 0 Å². The predicted molar refractivity (Wildman–Crippen MR) is 140 cm³/mol. The van der Waals surface area contributed by atoms with Crippen molar-refractivity contribution >= 4 is 63.7 Å². The van der Waals surface area contributed by atoms with Crippen LogP contribution in [0.4, 0.5) is 0 Å². The number of fused-ring (bicyclic) bond motifs is 6. The molecule has 2 aromatic heterocycles. The molecule has 6 fully saturated rings.